The van der Waals surface area contributed by atoms with Crippen LogP contribution >= 0.6 is 23.8 Å². The molecular formula is C28H22ClN3O3S. The highest BCUT2D eigenvalue weighted by atomic mass is 35.5. The van der Waals surface area contributed by atoms with E-state index in [0.29, 0.717) is 33.3 Å². The van der Waals surface area contributed by atoms with E-state index in [9.17, 15) is 9.59 Å². The molecule has 0 radical (unpaired) electrons. The van der Waals surface area contributed by atoms with E-state index in [2.05, 4.69) is 16.0 Å². The van der Waals surface area contributed by atoms with Gasteiger partial charge < -0.3 is 15.4 Å². The second-order valence-electron chi connectivity index (χ2n) is 7.70. The molecule has 36 heavy (non-hydrogen) atoms. The number of carbonyl (C=O) groups is 2. The van der Waals surface area contributed by atoms with Gasteiger partial charge in [0.2, 0.25) is 0 Å². The Kier molecular flexibility index (Phi) is 7.95. The van der Waals surface area contributed by atoms with E-state index in [4.69, 9.17) is 28.6 Å². The number of hydrogen-bond donors (Lipinski definition) is 3. The van der Waals surface area contributed by atoms with Crippen LogP contribution in [0.5, 0.6) is 5.75 Å². The predicted molar refractivity (Wildman–Crippen MR) is 148 cm³/mol. The van der Waals surface area contributed by atoms with Crippen LogP contribution in [0.15, 0.2) is 97.1 Å². The van der Waals surface area contributed by atoms with Crippen molar-refractivity contribution in [2.45, 2.75) is 0 Å². The summed E-state index contributed by atoms with van der Waals surface area (Å²) in [5.41, 5.74) is 3.95. The minimum absolute atomic E-state index is 0.127. The number of amides is 2. The zero-order valence-electron chi connectivity index (χ0n) is 19.2. The van der Waals surface area contributed by atoms with Gasteiger partial charge >= 0.3 is 0 Å². The zero-order valence-corrected chi connectivity index (χ0v) is 20.8. The van der Waals surface area contributed by atoms with Crippen molar-refractivity contribution in [2.75, 3.05) is 17.7 Å². The summed E-state index contributed by atoms with van der Waals surface area (Å²) in [5.74, 6) is -0.283. The first-order chi connectivity index (χ1) is 17.4. The van der Waals surface area contributed by atoms with E-state index < -0.39 is 0 Å². The van der Waals surface area contributed by atoms with E-state index in [1.807, 2.05) is 42.5 Å². The van der Waals surface area contributed by atoms with Gasteiger partial charge in [0, 0.05) is 17.3 Å². The summed E-state index contributed by atoms with van der Waals surface area (Å²) >= 11 is 11.4. The third-order valence-electron chi connectivity index (χ3n) is 5.31. The van der Waals surface area contributed by atoms with Crippen molar-refractivity contribution in [1.29, 1.82) is 0 Å². The van der Waals surface area contributed by atoms with Crippen LogP contribution in [0.4, 0.5) is 11.4 Å². The summed E-state index contributed by atoms with van der Waals surface area (Å²) in [6, 6.07) is 29.0. The van der Waals surface area contributed by atoms with Gasteiger partial charge in [0.1, 0.15) is 5.75 Å². The number of carbonyl (C=O) groups excluding carboxylic acids is 2. The van der Waals surface area contributed by atoms with Crippen LogP contribution in [0.2, 0.25) is 5.02 Å². The molecule has 0 bridgehead atoms. The number of thiocarbonyl (C=S) groups is 1. The van der Waals surface area contributed by atoms with Crippen molar-refractivity contribution in [3.8, 4) is 16.9 Å². The number of benzene rings is 4. The maximum absolute atomic E-state index is 12.6. The number of hydrogen-bond acceptors (Lipinski definition) is 4. The lowest BCUT2D eigenvalue weighted by Crippen LogP contribution is -2.34. The maximum Gasteiger partial charge on any atom is 0.257 e. The summed E-state index contributed by atoms with van der Waals surface area (Å²) in [6.07, 6.45) is 0. The number of methoxy groups -OCH3 is 1. The fourth-order valence-corrected chi connectivity index (χ4v) is 3.92. The van der Waals surface area contributed by atoms with Crippen LogP contribution in [-0.4, -0.2) is 24.0 Å². The molecule has 180 valence electrons. The monoisotopic (exact) mass is 515 g/mol. The molecule has 4 rings (SSSR count). The molecule has 0 aromatic heterocycles. The Morgan fingerprint density at radius 2 is 1.44 bits per heavy atom. The van der Waals surface area contributed by atoms with Gasteiger partial charge in [0.25, 0.3) is 11.8 Å². The minimum atomic E-state index is -0.360. The van der Waals surface area contributed by atoms with Gasteiger partial charge in [-0.2, -0.15) is 0 Å². The lowest BCUT2D eigenvalue weighted by molar-refractivity contribution is 0.0976. The number of nitrogens with one attached hydrogen (secondary N) is 3. The first kappa shape index (κ1) is 24.9. The molecule has 8 heteroatoms. The fourth-order valence-electron chi connectivity index (χ4n) is 3.49. The second kappa shape index (κ2) is 11.5. The number of anilines is 2. The second-order valence-corrected chi connectivity index (χ2v) is 8.52. The molecule has 6 nitrogen and oxygen atoms in total. The highest BCUT2D eigenvalue weighted by molar-refractivity contribution is 7.80. The molecule has 2 amide bonds. The molecule has 0 spiro atoms. The Hall–Kier alpha value is -4.20. The van der Waals surface area contributed by atoms with E-state index in [1.165, 1.54) is 7.11 Å². The van der Waals surface area contributed by atoms with Crippen molar-refractivity contribution in [3.05, 3.63) is 113 Å². The molecule has 0 fully saturated rings. The Labute approximate surface area is 219 Å². The van der Waals surface area contributed by atoms with Gasteiger partial charge in [0.15, 0.2) is 5.11 Å². The topological polar surface area (TPSA) is 79.5 Å². The normalized spacial score (nSPS) is 10.3. The molecule has 3 N–H and O–H groups in total. The van der Waals surface area contributed by atoms with Crippen LogP contribution < -0.4 is 20.7 Å². The SMILES string of the molecule is COc1cc(NC(=S)NC(=O)c2ccc(-c3ccccc3)cc2)ccc1NC(=O)c1ccccc1Cl. The van der Waals surface area contributed by atoms with Gasteiger partial charge in [-0.25, -0.2) is 0 Å². The molecular weight excluding hydrogens is 494 g/mol. The van der Waals surface area contributed by atoms with E-state index in [1.54, 1.807) is 54.6 Å². The Bertz CT molecular complexity index is 1410. The van der Waals surface area contributed by atoms with Gasteiger partial charge in [-0.05, 0) is 59.7 Å². The largest absolute Gasteiger partial charge is 0.494 e. The van der Waals surface area contributed by atoms with Crippen molar-refractivity contribution in [3.63, 3.8) is 0 Å². The van der Waals surface area contributed by atoms with Crippen molar-refractivity contribution >= 4 is 52.1 Å². The molecule has 0 saturated heterocycles. The first-order valence-corrected chi connectivity index (χ1v) is 11.7. The smallest absolute Gasteiger partial charge is 0.257 e. The van der Waals surface area contributed by atoms with Gasteiger partial charge in [-0.3, -0.25) is 14.9 Å². The van der Waals surface area contributed by atoms with Crippen LogP contribution in [0.25, 0.3) is 11.1 Å². The maximum atomic E-state index is 12.6. The standard InChI is InChI=1S/C28H22ClN3O3S/c1-35-25-17-21(15-16-24(25)31-27(34)22-9-5-6-10-23(22)29)30-28(36)32-26(33)20-13-11-19(12-14-20)18-7-3-2-4-8-18/h2-17H,1H3,(H,31,34)(H2,30,32,33,36). The Morgan fingerprint density at radius 3 is 2.14 bits per heavy atom. The summed E-state index contributed by atoms with van der Waals surface area (Å²) in [4.78, 5) is 25.2. The lowest BCUT2D eigenvalue weighted by atomic mass is 10.0. The van der Waals surface area contributed by atoms with E-state index in [0.717, 1.165) is 11.1 Å². The highest BCUT2D eigenvalue weighted by Gasteiger charge is 2.14. The van der Waals surface area contributed by atoms with Crippen LogP contribution in [0, 0.1) is 0 Å². The minimum Gasteiger partial charge on any atom is -0.494 e. The van der Waals surface area contributed by atoms with Crippen molar-refractivity contribution < 1.29 is 14.3 Å². The zero-order chi connectivity index (χ0) is 25.5. The molecule has 4 aromatic carbocycles. The first-order valence-electron chi connectivity index (χ1n) is 11.0. The van der Waals surface area contributed by atoms with Crippen molar-refractivity contribution in [2.24, 2.45) is 0 Å². The molecule has 0 saturated carbocycles. The Morgan fingerprint density at radius 1 is 0.778 bits per heavy atom. The molecule has 4 aromatic rings. The Balaban J connectivity index is 1.38. The average molecular weight is 516 g/mol. The van der Waals surface area contributed by atoms with Crippen molar-refractivity contribution in [1.82, 2.24) is 5.32 Å². The average Bonchev–Trinajstić information content (AvgIpc) is 2.90. The summed E-state index contributed by atoms with van der Waals surface area (Å²) in [7, 11) is 1.49. The molecule has 0 unspecified atom stereocenters. The summed E-state index contributed by atoms with van der Waals surface area (Å²) in [6.45, 7) is 0. The molecule has 0 aliphatic carbocycles. The molecule has 0 heterocycles. The third kappa shape index (κ3) is 6.07. The lowest BCUT2D eigenvalue weighted by Gasteiger charge is -2.14. The summed E-state index contributed by atoms with van der Waals surface area (Å²) < 4.78 is 5.41. The number of ether oxygens (including phenoxy) is 1. The van der Waals surface area contributed by atoms with Crippen LogP contribution in [-0.2, 0) is 0 Å². The molecule has 0 aliphatic heterocycles. The predicted octanol–water partition coefficient (Wildman–Crippen LogP) is 6.39. The molecule has 0 aliphatic rings. The third-order valence-corrected chi connectivity index (χ3v) is 5.84. The van der Waals surface area contributed by atoms with Crippen LogP contribution in [0.3, 0.4) is 0 Å². The van der Waals surface area contributed by atoms with Gasteiger partial charge in [-0.1, -0.05) is 66.2 Å². The fraction of sp³-hybridized carbons (Fsp3) is 0.0357. The van der Waals surface area contributed by atoms with E-state index >= 15 is 0 Å². The number of rotatable bonds is 6. The van der Waals surface area contributed by atoms with Gasteiger partial charge in [0.05, 0.1) is 23.4 Å². The van der Waals surface area contributed by atoms with Crippen LogP contribution in [0.1, 0.15) is 20.7 Å². The number of halogens is 1. The summed E-state index contributed by atoms with van der Waals surface area (Å²) in [5, 5.41) is 8.90. The molecule has 0 atom stereocenters. The quantitative estimate of drug-likeness (QED) is 0.259. The highest BCUT2D eigenvalue weighted by Crippen LogP contribution is 2.29. The van der Waals surface area contributed by atoms with E-state index in [-0.39, 0.29) is 16.9 Å². The van der Waals surface area contributed by atoms with Gasteiger partial charge in [-0.15, -0.1) is 0 Å².